The first kappa shape index (κ1) is 24.0. The van der Waals surface area contributed by atoms with Crippen molar-refractivity contribution in [2.24, 2.45) is 4.99 Å². The van der Waals surface area contributed by atoms with Gasteiger partial charge in [-0.1, -0.05) is 6.42 Å². The van der Waals surface area contributed by atoms with Gasteiger partial charge in [-0.2, -0.15) is 0 Å². The molecule has 0 aromatic carbocycles. The van der Waals surface area contributed by atoms with E-state index in [1.54, 1.807) is 0 Å². The molecule has 0 aromatic rings. The van der Waals surface area contributed by atoms with Gasteiger partial charge in [-0.25, -0.2) is 0 Å². The van der Waals surface area contributed by atoms with Crippen LogP contribution in [0.3, 0.4) is 0 Å². The van der Waals surface area contributed by atoms with Crippen LogP contribution in [0.2, 0.25) is 0 Å². The monoisotopic (exact) mass is 479 g/mol. The highest BCUT2D eigenvalue weighted by Crippen LogP contribution is 2.21. The standard InChI is InChI=1S/C20H41N5.HI/c1-6-21-19(23-18-10-14-24(15-11-18)17(2)3)22-16-20(4,5)25-12-8-7-9-13-25;/h17-18H,6-16H2,1-5H3,(H2,21,22,23);1H. The highest BCUT2D eigenvalue weighted by atomic mass is 127. The van der Waals surface area contributed by atoms with Crippen LogP contribution in [0, 0.1) is 0 Å². The predicted octanol–water partition coefficient (Wildman–Crippen LogP) is 3.30. The Morgan fingerprint density at radius 1 is 1.08 bits per heavy atom. The van der Waals surface area contributed by atoms with Gasteiger partial charge in [-0.3, -0.25) is 9.89 Å². The number of rotatable bonds is 6. The largest absolute Gasteiger partial charge is 0.357 e. The first-order valence-electron chi connectivity index (χ1n) is 10.5. The Bertz CT molecular complexity index is 410. The SMILES string of the molecule is CCNC(=NCC(C)(C)N1CCCCC1)NC1CCN(C(C)C)CC1.I. The lowest BCUT2D eigenvalue weighted by molar-refractivity contribution is 0.102. The number of hydrogen-bond donors (Lipinski definition) is 2. The summed E-state index contributed by atoms with van der Waals surface area (Å²) in [5.41, 5.74) is 0.143. The third-order valence-corrected chi connectivity index (χ3v) is 5.78. The van der Waals surface area contributed by atoms with E-state index < -0.39 is 0 Å². The number of guanidine groups is 1. The van der Waals surface area contributed by atoms with Gasteiger partial charge in [0.15, 0.2) is 5.96 Å². The van der Waals surface area contributed by atoms with E-state index in [-0.39, 0.29) is 29.5 Å². The fourth-order valence-corrected chi connectivity index (χ4v) is 3.95. The van der Waals surface area contributed by atoms with Crippen LogP contribution < -0.4 is 10.6 Å². The van der Waals surface area contributed by atoms with E-state index >= 15 is 0 Å². The molecule has 0 aromatic heterocycles. The van der Waals surface area contributed by atoms with Crippen molar-refractivity contribution in [2.75, 3.05) is 39.3 Å². The summed E-state index contributed by atoms with van der Waals surface area (Å²) in [6.45, 7) is 18.0. The zero-order valence-electron chi connectivity index (χ0n) is 17.7. The highest BCUT2D eigenvalue weighted by molar-refractivity contribution is 14.0. The second kappa shape index (κ2) is 11.7. The molecule has 2 saturated heterocycles. The molecule has 2 N–H and O–H groups in total. The van der Waals surface area contributed by atoms with Gasteiger partial charge in [0.05, 0.1) is 6.54 Å². The number of likely N-dealkylation sites (tertiary alicyclic amines) is 2. The molecule has 0 saturated carbocycles. The number of nitrogens with zero attached hydrogens (tertiary/aromatic N) is 3. The lowest BCUT2D eigenvalue weighted by Crippen LogP contribution is -2.51. The van der Waals surface area contributed by atoms with E-state index in [9.17, 15) is 0 Å². The summed E-state index contributed by atoms with van der Waals surface area (Å²) in [6.07, 6.45) is 6.46. The summed E-state index contributed by atoms with van der Waals surface area (Å²) in [6, 6.07) is 1.21. The van der Waals surface area contributed by atoms with E-state index in [1.165, 1.54) is 58.3 Å². The van der Waals surface area contributed by atoms with E-state index in [2.05, 4.69) is 55.1 Å². The summed E-state index contributed by atoms with van der Waals surface area (Å²) in [7, 11) is 0. The molecular formula is C20H42IN5. The van der Waals surface area contributed by atoms with Gasteiger partial charge in [0.25, 0.3) is 0 Å². The molecule has 0 unspecified atom stereocenters. The van der Waals surface area contributed by atoms with Gasteiger partial charge < -0.3 is 15.5 Å². The van der Waals surface area contributed by atoms with Gasteiger partial charge in [-0.15, -0.1) is 24.0 Å². The Kier molecular flexibility index (Phi) is 10.8. The maximum absolute atomic E-state index is 4.95. The zero-order chi connectivity index (χ0) is 18.3. The van der Waals surface area contributed by atoms with Crippen LogP contribution >= 0.6 is 24.0 Å². The topological polar surface area (TPSA) is 42.9 Å². The molecule has 0 radical (unpaired) electrons. The minimum atomic E-state index is 0. The van der Waals surface area contributed by atoms with Crippen molar-refractivity contribution < 1.29 is 0 Å². The second-order valence-electron chi connectivity index (χ2n) is 8.60. The van der Waals surface area contributed by atoms with Crippen molar-refractivity contribution in [2.45, 2.75) is 84.3 Å². The molecule has 0 spiro atoms. The van der Waals surface area contributed by atoms with Crippen LogP contribution in [0.5, 0.6) is 0 Å². The molecule has 2 rings (SSSR count). The molecule has 0 aliphatic carbocycles. The quantitative estimate of drug-likeness (QED) is 0.349. The molecule has 6 heteroatoms. The van der Waals surface area contributed by atoms with E-state index in [0.717, 1.165) is 19.0 Å². The molecule has 26 heavy (non-hydrogen) atoms. The minimum absolute atomic E-state index is 0. The van der Waals surface area contributed by atoms with Crippen LogP contribution in [0.15, 0.2) is 4.99 Å². The number of aliphatic imine (C=N–C) groups is 1. The average Bonchev–Trinajstić information content (AvgIpc) is 2.61. The maximum Gasteiger partial charge on any atom is 0.191 e. The van der Waals surface area contributed by atoms with Crippen LogP contribution in [0.25, 0.3) is 0 Å². The maximum atomic E-state index is 4.95. The van der Waals surface area contributed by atoms with Crippen molar-refractivity contribution >= 4 is 29.9 Å². The molecule has 2 fully saturated rings. The Hall–Kier alpha value is -0.0800. The number of hydrogen-bond acceptors (Lipinski definition) is 3. The fourth-order valence-electron chi connectivity index (χ4n) is 3.95. The van der Waals surface area contributed by atoms with Gasteiger partial charge in [0.1, 0.15) is 0 Å². The number of piperidine rings is 2. The highest BCUT2D eigenvalue weighted by Gasteiger charge is 2.28. The van der Waals surface area contributed by atoms with E-state index in [4.69, 9.17) is 4.99 Å². The molecule has 2 aliphatic heterocycles. The molecule has 2 aliphatic rings. The molecule has 0 bridgehead atoms. The zero-order valence-corrected chi connectivity index (χ0v) is 20.0. The third kappa shape index (κ3) is 7.50. The summed E-state index contributed by atoms with van der Waals surface area (Å²) in [5.74, 6) is 0.996. The Balaban J connectivity index is 0.00000338. The Morgan fingerprint density at radius 2 is 1.69 bits per heavy atom. The lowest BCUT2D eigenvalue weighted by atomic mass is 9.99. The smallest absolute Gasteiger partial charge is 0.191 e. The average molecular weight is 479 g/mol. The molecule has 5 nitrogen and oxygen atoms in total. The van der Waals surface area contributed by atoms with E-state index in [0.29, 0.717) is 12.1 Å². The normalized spacial score (nSPS) is 21.5. The first-order chi connectivity index (χ1) is 11.9. The Morgan fingerprint density at radius 3 is 2.23 bits per heavy atom. The summed E-state index contributed by atoms with van der Waals surface area (Å²) < 4.78 is 0. The summed E-state index contributed by atoms with van der Waals surface area (Å²) in [4.78, 5) is 10.1. The molecule has 154 valence electrons. The van der Waals surface area contributed by atoms with Crippen LogP contribution in [0.1, 0.15) is 66.7 Å². The third-order valence-electron chi connectivity index (χ3n) is 5.78. The molecule has 0 atom stereocenters. The van der Waals surface area contributed by atoms with Crippen LogP contribution in [0.4, 0.5) is 0 Å². The van der Waals surface area contributed by atoms with Crippen molar-refractivity contribution in [1.82, 2.24) is 20.4 Å². The second-order valence-corrected chi connectivity index (χ2v) is 8.60. The molecule has 2 heterocycles. The number of nitrogens with one attached hydrogen (secondary N) is 2. The van der Waals surface area contributed by atoms with E-state index in [1.807, 2.05) is 0 Å². The molecular weight excluding hydrogens is 437 g/mol. The lowest BCUT2D eigenvalue weighted by Gasteiger charge is -2.40. The minimum Gasteiger partial charge on any atom is -0.357 e. The van der Waals surface area contributed by atoms with Crippen molar-refractivity contribution in [3.8, 4) is 0 Å². The molecule has 0 amide bonds. The predicted molar refractivity (Wildman–Crippen MR) is 124 cm³/mol. The van der Waals surface area contributed by atoms with Crippen LogP contribution in [-0.2, 0) is 0 Å². The summed E-state index contributed by atoms with van der Waals surface area (Å²) >= 11 is 0. The van der Waals surface area contributed by atoms with Crippen LogP contribution in [-0.4, -0.2) is 72.7 Å². The van der Waals surface area contributed by atoms with Crippen molar-refractivity contribution in [3.63, 3.8) is 0 Å². The van der Waals surface area contributed by atoms with Crippen molar-refractivity contribution in [1.29, 1.82) is 0 Å². The number of halogens is 1. The Labute approximate surface area is 178 Å². The van der Waals surface area contributed by atoms with Gasteiger partial charge >= 0.3 is 0 Å². The fraction of sp³-hybridized carbons (Fsp3) is 0.950. The van der Waals surface area contributed by atoms with Crippen molar-refractivity contribution in [3.05, 3.63) is 0 Å². The summed E-state index contributed by atoms with van der Waals surface area (Å²) in [5, 5.41) is 7.13. The van der Waals surface area contributed by atoms with Gasteiger partial charge in [0, 0.05) is 37.3 Å². The van der Waals surface area contributed by atoms with Gasteiger partial charge in [-0.05, 0) is 73.4 Å². The first-order valence-corrected chi connectivity index (χ1v) is 10.5. The van der Waals surface area contributed by atoms with Gasteiger partial charge in [0.2, 0.25) is 0 Å².